The summed E-state index contributed by atoms with van der Waals surface area (Å²) in [5.41, 5.74) is 3.33. The molecule has 2 rings (SSSR count). The summed E-state index contributed by atoms with van der Waals surface area (Å²) in [6.45, 7) is 1.55. The molecule has 2 aromatic rings. The molecule has 0 aliphatic rings. The second kappa shape index (κ2) is 5.71. The van der Waals surface area contributed by atoms with Crippen LogP contribution in [0.1, 0.15) is 34.0 Å². The van der Waals surface area contributed by atoms with Crippen LogP contribution >= 0.6 is 0 Å². The maximum absolute atomic E-state index is 11.1. The van der Waals surface area contributed by atoms with E-state index in [1.807, 2.05) is 36.4 Å². The van der Waals surface area contributed by atoms with E-state index in [4.69, 9.17) is 6.42 Å². The molecule has 0 aliphatic heterocycles. The van der Waals surface area contributed by atoms with Gasteiger partial charge in [0.15, 0.2) is 5.78 Å². The quantitative estimate of drug-likeness (QED) is 0.556. The minimum absolute atomic E-state index is 0.0596. The Hall–Kier alpha value is -2.77. The first-order valence-corrected chi connectivity index (χ1v) is 5.89. The Kier molecular flexibility index (Phi) is 3.81. The van der Waals surface area contributed by atoms with Crippen LogP contribution in [0, 0.1) is 24.2 Å². The molecule has 19 heavy (non-hydrogen) atoms. The van der Waals surface area contributed by atoms with Gasteiger partial charge in [-0.25, -0.2) is 0 Å². The van der Waals surface area contributed by atoms with Gasteiger partial charge in [-0.3, -0.25) is 4.79 Å². The summed E-state index contributed by atoms with van der Waals surface area (Å²) in [6.07, 6.45) is 5.29. The second-order valence-electron chi connectivity index (χ2n) is 4.11. The van der Waals surface area contributed by atoms with E-state index in [0.29, 0.717) is 5.56 Å². The van der Waals surface area contributed by atoms with Gasteiger partial charge in [0, 0.05) is 22.3 Å². The highest BCUT2D eigenvalue weighted by atomic mass is 16.1. The first-order chi connectivity index (χ1) is 9.19. The maximum atomic E-state index is 11.1. The number of carbonyl (C=O) groups excluding carboxylic acids is 1. The third-order valence-corrected chi connectivity index (χ3v) is 2.69. The molecule has 0 N–H and O–H groups in total. The van der Waals surface area contributed by atoms with E-state index in [-0.39, 0.29) is 5.78 Å². The molecule has 2 aromatic carbocycles. The van der Waals surface area contributed by atoms with Crippen molar-refractivity contribution >= 4 is 5.78 Å². The molecule has 0 heterocycles. The van der Waals surface area contributed by atoms with Crippen LogP contribution in [0.25, 0.3) is 0 Å². The van der Waals surface area contributed by atoms with Gasteiger partial charge in [-0.05, 0) is 43.3 Å². The Morgan fingerprint density at radius 3 is 1.68 bits per heavy atom. The molecule has 0 saturated heterocycles. The molecule has 1 heteroatoms. The number of hydrogen-bond acceptors (Lipinski definition) is 1. The van der Waals surface area contributed by atoms with Crippen molar-refractivity contribution in [3.8, 4) is 24.2 Å². The van der Waals surface area contributed by atoms with Crippen molar-refractivity contribution in [1.82, 2.24) is 0 Å². The van der Waals surface area contributed by atoms with Crippen molar-refractivity contribution in [2.75, 3.05) is 0 Å². The molecule has 90 valence electrons. The lowest BCUT2D eigenvalue weighted by Gasteiger charge is -1.95. The zero-order valence-electron chi connectivity index (χ0n) is 10.6. The Balaban J connectivity index is 2.19. The molecule has 0 aromatic heterocycles. The van der Waals surface area contributed by atoms with E-state index in [1.165, 1.54) is 0 Å². The van der Waals surface area contributed by atoms with Crippen molar-refractivity contribution in [2.45, 2.75) is 6.92 Å². The lowest BCUT2D eigenvalue weighted by atomic mass is 10.1. The number of terminal acetylenes is 1. The minimum Gasteiger partial charge on any atom is -0.295 e. The van der Waals surface area contributed by atoms with Gasteiger partial charge in [0.2, 0.25) is 0 Å². The van der Waals surface area contributed by atoms with Crippen LogP contribution in [0.3, 0.4) is 0 Å². The van der Waals surface area contributed by atoms with E-state index < -0.39 is 0 Å². The molecular weight excluding hydrogens is 232 g/mol. The van der Waals surface area contributed by atoms with E-state index in [0.717, 1.165) is 16.7 Å². The first kappa shape index (κ1) is 12.7. The average molecular weight is 244 g/mol. The highest BCUT2D eigenvalue weighted by Crippen LogP contribution is 2.05. The SMILES string of the molecule is C#Cc1ccc(C#Cc2ccc(C(C)=O)cc2)cc1. The Morgan fingerprint density at radius 1 is 0.842 bits per heavy atom. The monoisotopic (exact) mass is 244 g/mol. The Bertz CT molecular complexity index is 687. The molecule has 0 fully saturated rings. The van der Waals surface area contributed by atoms with E-state index in [9.17, 15) is 4.79 Å². The number of rotatable bonds is 1. The summed E-state index contributed by atoms with van der Waals surface area (Å²) in [5.74, 6) is 8.73. The summed E-state index contributed by atoms with van der Waals surface area (Å²) in [4.78, 5) is 11.1. The van der Waals surface area contributed by atoms with Crippen molar-refractivity contribution in [3.63, 3.8) is 0 Å². The number of carbonyl (C=O) groups is 1. The summed E-state index contributed by atoms with van der Waals surface area (Å²) < 4.78 is 0. The molecule has 0 saturated carbocycles. The van der Waals surface area contributed by atoms with Crippen LogP contribution in [-0.4, -0.2) is 5.78 Å². The molecule has 1 nitrogen and oxygen atoms in total. The average Bonchev–Trinajstić information content (AvgIpc) is 2.46. The van der Waals surface area contributed by atoms with Crippen LogP contribution < -0.4 is 0 Å². The Morgan fingerprint density at radius 2 is 1.26 bits per heavy atom. The standard InChI is InChI=1S/C18H12O/c1-3-15-4-6-16(7-5-15)8-9-17-10-12-18(13-11-17)14(2)19/h1,4-7,10-13H,2H3. The van der Waals surface area contributed by atoms with E-state index in [2.05, 4.69) is 17.8 Å². The molecule has 0 aliphatic carbocycles. The molecule has 0 radical (unpaired) electrons. The number of benzene rings is 2. The fourth-order valence-electron chi connectivity index (χ4n) is 1.58. The predicted octanol–water partition coefficient (Wildman–Crippen LogP) is 3.27. The minimum atomic E-state index is 0.0596. The summed E-state index contributed by atoms with van der Waals surface area (Å²) in [6, 6.07) is 14.8. The van der Waals surface area contributed by atoms with Gasteiger partial charge in [0.1, 0.15) is 0 Å². The normalized spacial score (nSPS) is 9.05. The fraction of sp³-hybridized carbons (Fsp3) is 0.0556. The molecule has 0 unspecified atom stereocenters. The Labute approximate surface area is 113 Å². The van der Waals surface area contributed by atoms with Gasteiger partial charge in [-0.15, -0.1) is 6.42 Å². The van der Waals surface area contributed by atoms with Crippen LogP contribution in [-0.2, 0) is 0 Å². The van der Waals surface area contributed by atoms with Crippen LogP contribution in [0.2, 0.25) is 0 Å². The van der Waals surface area contributed by atoms with Gasteiger partial charge >= 0.3 is 0 Å². The number of Topliss-reactive ketones (excluding diaryl/α,β-unsaturated/α-hetero) is 1. The van der Waals surface area contributed by atoms with Crippen molar-refractivity contribution in [3.05, 3.63) is 70.8 Å². The third kappa shape index (κ3) is 3.35. The molecule has 0 bridgehead atoms. The van der Waals surface area contributed by atoms with Gasteiger partial charge in [-0.1, -0.05) is 29.9 Å². The van der Waals surface area contributed by atoms with Crippen molar-refractivity contribution in [2.24, 2.45) is 0 Å². The zero-order chi connectivity index (χ0) is 13.7. The maximum Gasteiger partial charge on any atom is 0.159 e. The molecular formula is C18H12O. The largest absolute Gasteiger partial charge is 0.295 e. The molecule has 0 atom stereocenters. The number of hydrogen-bond donors (Lipinski definition) is 0. The zero-order valence-corrected chi connectivity index (χ0v) is 10.6. The summed E-state index contributed by atoms with van der Waals surface area (Å²) in [7, 11) is 0. The second-order valence-corrected chi connectivity index (χ2v) is 4.11. The van der Waals surface area contributed by atoms with Gasteiger partial charge in [0.05, 0.1) is 0 Å². The smallest absolute Gasteiger partial charge is 0.159 e. The topological polar surface area (TPSA) is 17.1 Å². The van der Waals surface area contributed by atoms with Crippen LogP contribution in [0.15, 0.2) is 48.5 Å². The van der Waals surface area contributed by atoms with Crippen LogP contribution in [0.4, 0.5) is 0 Å². The lowest BCUT2D eigenvalue weighted by Crippen LogP contribution is -1.90. The van der Waals surface area contributed by atoms with Gasteiger partial charge in [0.25, 0.3) is 0 Å². The van der Waals surface area contributed by atoms with Gasteiger partial charge < -0.3 is 0 Å². The van der Waals surface area contributed by atoms with Gasteiger partial charge in [-0.2, -0.15) is 0 Å². The summed E-state index contributed by atoms with van der Waals surface area (Å²) in [5, 5.41) is 0. The first-order valence-electron chi connectivity index (χ1n) is 5.89. The summed E-state index contributed by atoms with van der Waals surface area (Å²) >= 11 is 0. The van der Waals surface area contributed by atoms with Crippen LogP contribution in [0.5, 0.6) is 0 Å². The van der Waals surface area contributed by atoms with E-state index in [1.54, 1.807) is 19.1 Å². The number of ketones is 1. The lowest BCUT2D eigenvalue weighted by molar-refractivity contribution is 0.101. The molecule has 0 spiro atoms. The highest BCUT2D eigenvalue weighted by molar-refractivity contribution is 5.94. The van der Waals surface area contributed by atoms with Crippen molar-refractivity contribution in [1.29, 1.82) is 0 Å². The highest BCUT2D eigenvalue weighted by Gasteiger charge is 1.96. The van der Waals surface area contributed by atoms with E-state index >= 15 is 0 Å². The third-order valence-electron chi connectivity index (χ3n) is 2.69. The van der Waals surface area contributed by atoms with Crippen molar-refractivity contribution < 1.29 is 4.79 Å². The fourth-order valence-corrected chi connectivity index (χ4v) is 1.58. The predicted molar refractivity (Wildman–Crippen MR) is 76.8 cm³/mol. The molecule has 0 amide bonds.